The van der Waals surface area contributed by atoms with Crippen molar-refractivity contribution < 1.29 is 19.7 Å². The van der Waals surface area contributed by atoms with Gasteiger partial charge in [-0.05, 0) is 37.1 Å². The molecule has 1 unspecified atom stereocenters. The van der Waals surface area contributed by atoms with Gasteiger partial charge >= 0.3 is 0 Å². The number of hydrogen-bond donors (Lipinski definition) is 2. The Bertz CT molecular complexity index is 1170. The number of hydrogen-bond acceptors (Lipinski definition) is 4. The van der Waals surface area contributed by atoms with Crippen LogP contribution >= 0.6 is 0 Å². The SMILES string of the molecule is CC1(C)O[C@H]([C@@H](O)C[Si](c2ccccc2)(c2ccccc2)C(C)(C)C)[C@H](C(O)C#Cc2ccccc2)O1. The van der Waals surface area contributed by atoms with E-state index in [-0.39, 0.29) is 5.04 Å². The number of benzene rings is 3. The first-order valence-electron chi connectivity index (χ1n) is 12.9. The van der Waals surface area contributed by atoms with Crippen molar-refractivity contribution in [2.45, 2.75) is 75.9 Å². The first-order valence-corrected chi connectivity index (χ1v) is 15.1. The molecular formula is C32H38O4Si. The van der Waals surface area contributed by atoms with E-state index in [9.17, 15) is 10.2 Å². The molecule has 1 saturated heterocycles. The average molecular weight is 515 g/mol. The van der Waals surface area contributed by atoms with Crippen molar-refractivity contribution in [3.63, 3.8) is 0 Å². The minimum absolute atomic E-state index is 0.118. The smallest absolute Gasteiger partial charge is 0.164 e. The highest BCUT2D eigenvalue weighted by atomic mass is 28.3. The summed E-state index contributed by atoms with van der Waals surface area (Å²) in [5.41, 5.74) is 0.809. The minimum Gasteiger partial charge on any atom is -0.391 e. The molecule has 2 N–H and O–H groups in total. The normalized spacial score (nSPS) is 21.1. The Morgan fingerprint density at radius 2 is 1.24 bits per heavy atom. The Labute approximate surface area is 222 Å². The quantitative estimate of drug-likeness (QED) is 0.380. The molecule has 4 rings (SSSR count). The van der Waals surface area contributed by atoms with Crippen LogP contribution in [-0.4, -0.2) is 48.5 Å². The number of ether oxygens (including phenoxy) is 2. The van der Waals surface area contributed by atoms with Gasteiger partial charge in [-0.15, -0.1) is 0 Å². The molecule has 1 fully saturated rings. The monoisotopic (exact) mass is 514 g/mol. The molecular weight excluding hydrogens is 476 g/mol. The summed E-state index contributed by atoms with van der Waals surface area (Å²) in [6.45, 7) is 10.4. The Kier molecular flexibility index (Phi) is 8.08. The predicted molar refractivity (Wildman–Crippen MR) is 152 cm³/mol. The standard InChI is InChI=1S/C32H38O4Si/c1-31(2,3)37(25-17-11-7-12-18-25,26-19-13-8-14-20-26)23-28(34)30-29(35-32(4,5)36-30)27(33)22-21-24-15-9-6-10-16-24/h6-20,27-30,33-34H,23H2,1-5H3/t27?,28-,29-,30+/m0/s1. The van der Waals surface area contributed by atoms with Crippen LogP contribution in [0.5, 0.6) is 0 Å². The van der Waals surface area contributed by atoms with Gasteiger partial charge in [0, 0.05) is 5.56 Å². The van der Waals surface area contributed by atoms with E-state index in [1.165, 1.54) is 10.4 Å². The highest BCUT2D eigenvalue weighted by molar-refractivity contribution is 7.04. The lowest BCUT2D eigenvalue weighted by atomic mass is 10.0. The van der Waals surface area contributed by atoms with E-state index in [1.54, 1.807) is 0 Å². The topological polar surface area (TPSA) is 58.9 Å². The fourth-order valence-corrected chi connectivity index (χ4v) is 11.1. The van der Waals surface area contributed by atoms with E-state index in [4.69, 9.17) is 9.47 Å². The minimum atomic E-state index is -2.56. The maximum Gasteiger partial charge on any atom is 0.164 e. The molecule has 0 aromatic heterocycles. The Balaban J connectivity index is 1.72. The molecule has 0 radical (unpaired) electrons. The van der Waals surface area contributed by atoms with Gasteiger partial charge in [0.15, 0.2) is 5.79 Å². The molecule has 0 saturated carbocycles. The van der Waals surface area contributed by atoms with Crippen molar-refractivity contribution in [2.75, 3.05) is 0 Å². The summed E-state index contributed by atoms with van der Waals surface area (Å²) in [6, 6.07) is 31.1. The Morgan fingerprint density at radius 3 is 1.73 bits per heavy atom. The van der Waals surface area contributed by atoms with Gasteiger partial charge in [0.25, 0.3) is 0 Å². The molecule has 1 aliphatic rings. The van der Waals surface area contributed by atoms with Crippen LogP contribution < -0.4 is 10.4 Å². The largest absolute Gasteiger partial charge is 0.391 e. The summed E-state index contributed by atoms with van der Waals surface area (Å²) in [4.78, 5) is 0. The fourth-order valence-electron chi connectivity index (χ4n) is 5.57. The van der Waals surface area contributed by atoms with E-state index >= 15 is 0 Å². The second-order valence-electron chi connectivity index (χ2n) is 11.3. The Morgan fingerprint density at radius 1 is 0.784 bits per heavy atom. The summed E-state index contributed by atoms with van der Waals surface area (Å²) in [6.07, 6.45) is -3.48. The van der Waals surface area contributed by atoms with E-state index in [2.05, 4.69) is 81.1 Å². The van der Waals surface area contributed by atoms with E-state index in [0.717, 1.165) is 5.56 Å². The Hall–Kier alpha value is -2.72. The molecule has 4 nitrogen and oxygen atoms in total. The molecule has 1 heterocycles. The molecule has 0 spiro atoms. The molecule has 3 aromatic carbocycles. The molecule has 0 bridgehead atoms. The van der Waals surface area contributed by atoms with Crippen molar-refractivity contribution >= 4 is 18.4 Å². The van der Waals surface area contributed by atoms with Gasteiger partial charge in [-0.2, -0.15) is 0 Å². The summed E-state index contributed by atoms with van der Waals surface area (Å²) in [7, 11) is -2.56. The van der Waals surface area contributed by atoms with Gasteiger partial charge in [0.05, 0.1) is 6.10 Å². The molecule has 0 amide bonds. The highest BCUT2D eigenvalue weighted by Crippen LogP contribution is 2.42. The van der Waals surface area contributed by atoms with Crippen LogP contribution in [-0.2, 0) is 9.47 Å². The molecule has 0 aliphatic carbocycles. The van der Waals surface area contributed by atoms with Gasteiger partial charge in [-0.1, -0.05) is 122 Å². The zero-order chi connectivity index (χ0) is 26.7. The van der Waals surface area contributed by atoms with Crippen molar-refractivity contribution in [1.82, 2.24) is 0 Å². The fraction of sp³-hybridized carbons (Fsp3) is 0.375. The summed E-state index contributed by atoms with van der Waals surface area (Å²) < 4.78 is 12.4. The van der Waals surface area contributed by atoms with Gasteiger partial charge in [0.2, 0.25) is 0 Å². The van der Waals surface area contributed by atoms with Gasteiger partial charge in [0.1, 0.15) is 26.4 Å². The first kappa shape index (κ1) is 27.3. The van der Waals surface area contributed by atoms with Gasteiger partial charge < -0.3 is 19.7 Å². The van der Waals surface area contributed by atoms with Crippen LogP contribution in [0.3, 0.4) is 0 Å². The highest BCUT2D eigenvalue weighted by Gasteiger charge is 2.53. The molecule has 3 aromatic rings. The summed E-state index contributed by atoms with van der Waals surface area (Å²) in [5.74, 6) is 5.00. The summed E-state index contributed by atoms with van der Waals surface area (Å²) in [5, 5.41) is 25.3. The maximum absolute atomic E-state index is 11.9. The average Bonchev–Trinajstić information content (AvgIpc) is 3.22. The molecule has 1 aliphatic heterocycles. The third-order valence-electron chi connectivity index (χ3n) is 7.32. The number of rotatable bonds is 6. The van der Waals surface area contributed by atoms with E-state index in [0.29, 0.717) is 6.04 Å². The lowest BCUT2D eigenvalue weighted by molar-refractivity contribution is -0.157. The lowest BCUT2D eigenvalue weighted by Crippen LogP contribution is -2.66. The number of aliphatic hydroxyl groups excluding tert-OH is 2. The zero-order valence-electron chi connectivity index (χ0n) is 22.4. The zero-order valence-corrected chi connectivity index (χ0v) is 23.4. The third kappa shape index (κ3) is 5.90. The van der Waals surface area contributed by atoms with Crippen LogP contribution in [0.25, 0.3) is 0 Å². The molecule has 5 heteroatoms. The molecule has 37 heavy (non-hydrogen) atoms. The van der Waals surface area contributed by atoms with Gasteiger partial charge in [-0.3, -0.25) is 0 Å². The lowest BCUT2D eigenvalue weighted by Gasteiger charge is -2.46. The molecule has 194 valence electrons. The second-order valence-corrected chi connectivity index (χ2v) is 16.2. The third-order valence-corrected chi connectivity index (χ3v) is 13.6. The molecule has 4 atom stereocenters. The number of aliphatic hydroxyl groups is 2. The van der Waals surface area contributed by atoms with Crippen LogP contribution in [0, 0.1) is 11.8 Å². The van der Waals surface area contributed by atoms with Crippen LogP contribution in [0.1, 0.15) is 40.2 Å². The first-order chi connectivity index (χ1) is 17.5. The van der Waals surface area contributed by atoms with Crippen molar-refractivity contribution in [3.8, 4) is 11.8 Å². The van der Waals surface area contributed by atoms with Crippen molar-refractivity contribution in [1.29, 1.82) is 0 Å². The maximum atomic E-state index is 11.9. The second kappa shape index (κ2) is 10.9. The van der Waals surface area contributed by atoms with Gasteiger partial charge in [-0.25, -0.2) is 0 Å². The van der Waals surface area contributed by atoms with Crippen LogP contribution in [0.2, 0.25) is 11.1 Å². The summed E-state index contributed by atoms with van der Waals surface area (Å²) >= 11 is 0. The van der Waals surface area contributed by atoms with Crippen molar-refractivity contribution in [2.24, 2.45) is 0 Å². The van der Waals surface area contributed by atoms with Crippen LogP contribution in [0.4, 0.5) is 0 Å². The van der Waals surface area contributed by atoms with E-state index < -0.39 is 38.3 Å². The predicted octanol–water partition coefficient (Wildman–Crippen LogP) is 4.34. The van der Waals surface area contributed by atoms with E-state index in [1.807, 2.05) is 56.3 Å². The van der Waals surface area contributed by atoms with Crippen molar-refractivity contribution in [3.05, 3.63) is 96.6 Å². The van der Waals surface area contributed by atoms with Crippen LogP contribution in [0.15, 0.2) is 91.0 Å².